The van der Waals surface area contributed by atoms with E-state index in [9.17, 15) is 2.74 Å². The van der Waals surface area contributed by atoms with Crippen molar-refractivity contribution < 1.29 is 11.0 Å². The van der Waals surface area contributed by atoms with E-state index in [0.29, 0.717) is 22.9 Å². The lowest BCUT2D eigenvalue weighted by Gasteiger charge is -2.17. The van der Waals surface area contributed by atoms with E-state index in [1.807, 2.05) is 152 Å². The third kappa shape index (κ3) is 6.06. The van der Waals surface area contributed by atoms with Crippen LogP contribution in [0.3, 0.4) is 0 Å². The fraction of sp³-hybridized carbons (Fsp3) is 0. The zero-order valence-electron chi connectivity index (χ0n) is 37.3. The summed E-state index contributed by atoms with van der Waals surface area (Å²) >= 11 is 0. The van der Waals surface area contributed by atoms with Crippen molar-refractivity contribution >= 4 is 21.8 Å². The molecular weight excluding hydrogens is 669 g/mol. The van der Waals surface area contributed by atoms with Gasteiger partial charge in [-0.05, 0) is 63.7 Å². The minimum absolute atomic E-state index is 0.00602. The number of benzene rings is 8. The topological polar surface area (TPSA) is 43.6 Å². The minimum atomic E-state index is -0.515. The van der Waals surface area contributed by atoms with Crippen LogP contribution in [0.25, 0.3) is 95.0 Å². The molecule has 0 atom stereocenters. The molecular formula is C51H34N4. The van der Waals surface area contributed by atoms with Crippen LogP contribution in [0.2, 0.25) is 0 Å². The van der Waals surface area contributed by atoms with Gasteiger partial charge in [-0.15, -0.1) is 0 Å². The maximum absolute atomic E-state index is 9.32. The summed E-state index contributed by atoms with van der Waals surface area (Å²) in [5, 5.41) is -0.0458. The Kier molecular flexibility index (Phi) is 6.23. The predicted octanol–water partition coefficient (Wildman–Crippen LogP) is 13.0. The van der Waals surface area contributed by atoms with E-state index >= 15 is 0 Å². The van der Waals surface area contributed by atoms with Crippen molar-refractivity contribution in [3.63, 3.8) is 0 Å². The molecule has 0 saturated heterocycles. The van der Waals surface area contributed by atoms with Crippen molar-refractivity contribution in [2.75, 3.05) is 0 Å². The zero-order valence-corrected chi connectivity index (χ0v) is 29.3. The van der Waals surface area contributed by atoms with Crippen molar-refractivity contribution in [3.05, 3.63) is 206 Å². The number of hydrogen-bond donors (Lipinski definition) is 0. The molecule has 0 aliphatic carbocycles. The van der Waals surface area contributed by atoms with Crippen LogP contribution >= 0.6 is 0 Å². The third-order valence-corrected chi connectivity index (χ3v) is 9.73. The first kappa shape index (κ1) is 24.7. The maximum atomic E-state index is 9.32. The molecule has 10 aromatic rings. The Balaban J connectivity index is 1.30. The summed E-state index contributed by atoms with van der Waals surface area (Å²) < 4.78 is 73.2. The largest absolute Gasteiger partial charge is 0.308 e. The number of para-hydroxylation sites is 2. The van der Waals surface area contributed by atoms with Gasteiger partial charge in [-0.25, -0.2) is 15.0 Å². The van der Waals surface area contributed by atoms with Gasteiger partial charge in [0.05, 0.1) is 27.7 Å². The first-order chi connectivity index (χ1) is 30.6. The number of rotatable bonds is 7. The van der Waals surface area contributed by atoms with Crippen LogP contribution in [-0.4, -0.2) is 19.5 Å². The summed E-state index contributed by atoms with van der Waals surface area (Å²) in [6.07, 6.45) is 0. The van der Waals surface area contributed by atoms with Crippen LogP contribution in [-0.2, 0) is 0 Å². The van der Waals surface area contributed by atoms with Crippen LogP contribution in [0.1, 0.15) is 11.0 Å². The standard InChI is InChI=1S/C51H34N4/c1-4-15-35(16-5-1)37-27-29-39(30-28-37)50-52-49(38-19-8-3-9-20-38)53-51(54-50)45-32-31-42(41-22-14-21-40(33-41)36-17-6-2-7-18-36)34-48(45)55-46-25-12-10-23-43(46)44-24-11-13-26-47(44)55/h1-34H/i10D,11D,12D,13D,23D,24D,25D,26D. The second kappa shape index (κ2) is 13.8. The monoisotopic (exact) mass is 710 g/mol. The lowest BCUT2D eigenvalue weighted by Crippen LogP contribution is -2.04. The molecule has 0 saturated carbocycles. The van der Waals surface area contributed by atoms with E-state index in [1.165, 1.54) is 4.57 Å². The molecule has 8 aromatic carbocycles. The number of hydrogen-bond acceptors (Lipinski definition) is 3. The second-order valence-electron chi connectivity index (χ2n) is 13.1. The van der Waals surface area contributed by atoms with Crippen LogP contribution in [0.5, 0.6) is 0 Å². The van der Waals surface area contributed by atoms with Crippen LogP contribution in [0.15, 0.2) is 206 Å². The highest BCUT2D eigenvalue weighted by molar-refractivity contribution is 6.09. The quantitative estimate of drug-likeness (QED) is 0.165. The van der Waals surface area contributed by atoms with Crippen molar-refractivity contribution in [2.24, 2.45) is 0 Å². The average Bonchev–Trinajstić information content (AvgIpc) is 3.71. The molecule has 0 amide bonds. The summed E-state index contributed by atoms with van der Waals surface area (Å²) in [6, 6.07) is 47.5. The van der Waals surface area contributed by atoms with Gasteiger partial charge in [0.1, 0.15) is 0 Å². The van der Waals surface area contributed by atoms with Gasteiger partial charge in [-0.1, -0.05) is 176 Å². The van der Waals surface area contributed by atoms with Gasteiger partial charge >= 0.3 is 0 Å². The van der Waals surface area contributed by atoms with E-state index in [2.05, 4.69) is 6.07 Å². The van der Waals surface area contributed by atoms with Crippen LogP contribution in [0, 0.1) is 0 Å². The summed E-state index contributed by atoms with van der Waals surface area (Å²) in [7, 11) is 0. The third-order valence-electron chi connectivity index (χ3n) is 9.73. The molecule has 258 valence electrons. The Morgan fingerprint density at radius 3 is 1.35 bits per heavy atom. The lowest BCUT2D eigenvalue weighted by molar-refractivity contribution is 1.06. The minimum Gasteiger partial charge on any atom is -0.308 e. The molecule has 4 nitrogen and oxygen atoms in total. The average molecular weight is 711 g/mol. The molecule has 0 unspecified atom stereocenters. The second-order valence-corrected chi connectivity index (χ2v) is 13.1. The number of aromatic nitrogens is 4. The Labute approximate surface area is 331 Å². The van der Waals surface area contributed by atoms with E-state index in [1.54, 1.807) is 0 Å². The zero-order chi connectivity index (χ0) is 43.5. The van der Waals surface area contributed by atoms with Gasteiger partial charge in [0.2, 0.25) is 0 Å². The Morgan fingerprint density at radius 1 is 0.345 bits per heavy atom. The van der Waals surface area contributed by atoms with E-state index in [4.69, 9.17) is 23.2 Å². The first-order valence-corrected chi connectivity index (χ1v) is 17.9. The summed E-state index contributed by atoms with van der Waals surface area (Å²) in [5.74, 6) is 1.01. The fourth-order valence-corrected chi connectivity index (χ4v) is 7.04. The molecule has 10 rings (SSSR count). The molecule has 2 aromatic heterocycles. The van der Waals surface area contributed by atoms with Gasteiger partial charge in [-0.3, -0.25) is 0 Å². The molecule has 0 aliphatic rings. The number of nitrogens with zero attached hydrogens (tertiary/aromatic N) is 4. The van der Waals surface area contributed by atoms with Gasteiger partial charge < -0.3 is 4.57 Å². The van der Waals surface area contributed by atoms with Crippen molar-refractivity contribution in [1.82, 2.24) is 19.5 Å². The maximum Gasteiger partial charge on any atom is 0.166 e. The van der Waals surface area contributed by atoms with Gasteiger partial charge in [0.15, 0.2) is 17.5 Å². The van der Waals surface area contributed by atoms with E-state index in [-0.39, 0.29) is 27.6 Å². The van der Waals surface area contributed by atoms with E-state index < -0.39 is 48.3 Å². The molecule has 0 spiro atoms. The lowest BCUT2D eigenvalue weighted by atomic mass is 9.97. The molecule has 0 bridgehead atoms. The molecule has 2 heterocycles. The molecule has 4 heteroatoms. The van der Waals surface area contributed by atoms with Crippen LogP contribution in [0.4, 0.5) is 0 Å². The fourth-order valence-electron chi connectivity index (χ4n) is 7.04. The Bertz CT molecular complexity index is 3340. The Hall–Kier alpha value is -7.43. The van der Waals surface area contributed by atoms with Crippen LogP contribution < -0.4 is 0 Å². The van der Waals surface area contributed by atoms with Gasteiger partial charge in [0.25, 0.3) is 0 Å². The summed E-state index contributed by atoms with van der Waals surface area (Å²) in [4.78, 5) is 15.1. The highest BCUT2D eigenvalue weighted by Crippen LogP contribution is 2.39. The summed E-state index contributed by atoms with van der Waals surface area (Å²) in [6.45, 7) is 0. The van der Waals surface area contributed by atoms with E-state index in [0.717, 1.165) is 44.5 Å². The first-order valence-electron chi connectivity index (χ1n) is 21.9. The van der Waals surface area contributed by atoms with Crippen molar-refractivity contribution in [2.45, 2.75) is 0 Å². The highest BCUT2D eigenvalue weighted by atomic mass is 15.1. The predicted molar refractivity (Wildman–Crippen MR) is 227 cm³/mol. The van der Waals surface area contributed by atoms with Gasteiger partial charge in [-0.2, -0.15) is 0 Å². The molecule has 0 N–H and O–H groups in total. The van der Waals surface area contributed by atoms with Gasteiger partial charge in [0, 0.05) is 27.5 Å². The molecule has 0 radical (unpaired) electrons. The molecule has 55 heavy (non-hydrogen) atoms. The van der Waals surface area contributed by atoms with Crippen molar-refractivity contribution in [1.29, 1.82) is 0 Å². The molecule has 0 fully saturated rings. The highest BCUT2D eigenvalue weighted by Gasteiger charge is 2.20. The summed E-state index contributed by atoms with van der Waals surface area (Å²) in [5.41, 5.74) is 7.87. The van der Waals surface area contributed by atoms with Crippen molar-refractivity contribution in [3.8, 4) is 73.2 Å². The smallest absolute Gasteiger partial charge is 0.166 e. The molecule has 0 aliphatic heterocycles. The SMILES string of the molecule is [2H]c1c([2H])c([2H])c2c(c1[2H])c1c([2H])c([2H])c([2H])c([2H])c1n2-c1cc(-c2cccc(-c3ccccc3)c2)ccc1-c1nc(-c2ccccc2)nc(-c2ccc(-c3ccccc3)cc2)n1. The number of fused-ring (bicyclic) bond motifs is 3. The Morgan fingerprint density at radius 2 is 0.745 bits per heavy atom. The normalized spacial score (nSPS) is 13.3.